The molecular formula is C14H19ClN4O. The molecule has 1 N–H and O–H groups in total. The zero-order chi connectivity index (χ0) is 13.2. The van der Waals surface area contributed by atoms with Crippen molar-refractivity contribution in [2.75, 3.05) is 20.1 Å². The van der Waals surface area contributed by atoms with Crippen molar-refractivity contribution in [1.82, 2.24) is 19.8 Å². The molecule has 0 aliphatic carbocycles. The van der Waals surface area contributed by atoms with Gasteiger partial charge in [-0.25, -0.2) is 4.52 Å². The minimum atomic E-state index is 0. The summed E-state index contributed by atoms with van der Waals surface area (Å²) in [5, 5.41) is 7.50. The van der Waals surface area contributed by atoms with Crippen LogP contribution in [0.1, 0.15) is 23.2 Å². The van der Waals surface area contributed by atoms with E-state index in [0.29, 0.717) is 11.6 Å². The van der Waals surface area contributed by atoms with Gasteiger partial charge in [0.1, 0.15) is 0 Å². The van der Waals surface area contributed by atoms with Crippen molar-refractivity contribution < 1.29 is 4.79 Å². The number of carbonyl (C=O) groups is 1. The molecule has 20 heavy (non-hydrogen) atoms. The van der Waals surface area contributed by atoms with Gasteiger partial charge in [-0.3, -0.25) is 4.79 Å². The topological polar surface area (TPSA) is 49.6 Å². The quantitative estimate of drug-likeness (QED) is 0.915. The van der Waals surface area contributed by atoms with Gasteiger partial charge in [0.25, 0.3) is 5.91 Å². The van der Waals surface area contributed by atoms with E-state index < -0.39 is 0 Å². The van der Waals surface area contributed by atoms with Crippen molar-refractivity contribution in [3.63, 3.8) is 0 Å². The molecule has 1 aliphatic heterocycles. The van der Waals surface area contributed by atoms with E-state index >= 15 is 0 Å². The van der Waals surface area contributed by atoms with E-state index in [9.17, 15) is 4.79 Å². The number of piperidine rings is 1. The van der Waals surface area contributed by atoms with Crippen LogP contribution in [0.15, 0.2) is 30.6 Å². The maximum atomic E-state index is 12.5. The summed E-state index contributed by atoms with van der Waals surface area (Å²) in [7, 11) is 1.98. The number of hydrogen-bond acceptors (Lipinski definition) is 3. The van der Waals surface area contributed by atoms with Gasteiger partial charge in [-0.1, -0.05) is 6.07 Å². The van der Waals surface area contributed by atoms with Crippen molar-refractivity contribution in [1.29, 1.82) is 0 Å². The maximum Gasteiger partial charge on any atom is 0.257 e. The second-order valence-corrected chi connectivity index (χ2v) is 4.94. The van der Waals surface area contributed by atoms with Gasteiger partial charge in [0.2, 0.25) is 0 Å². The smallest absolute Gasteiger partial charge is 0.257 e. The zero-order valence-electron chi connectivity index (χ0n) is 11.5. The third-order valence-corrected chi connectivity index (χ3v) is 3.85. The lowest BCUT2D eigenvalue weighted by Gasteiger charge is -2.31. The van der Waals surface area contributed by atoms with E-state index in [1.54, 1.807) is 10.7 Å². The van der Waals surface area contributed by atoms with E-state index in [0.717, 1.165) is 31.4 Å². The first-order chi connectivity index (χ1) is 9.29. The van der Waals surface area contributed by atoms with E-state index in [1.807, 2.05) is 36.3 Å². The molecule has 3 rings (SSSR count). The molecule has 3 heterocycles. The van der Waals surface area contributed by atoms with Crippen LogP contribution in [0.2, 0.25) is 0 Å². The van der Waals surface area contributed by atoms with E-state index in [1.165, 1.54) is 0 Å². The van der Waals surface area contributed by atoms with Gasteiger partial charge in [0, 0.05) is 25.3 Å². The average molecular weight is 295 g/mol. The van der Waals surface area contributed by atoms with Gasteiger partial charge in [-0.05, 0) is 32.0 Å². The highest BCUT2D eigenvalue weighted by Gasteiger charge is 2.24. The third kappa shape index (κ3) is 2.64. The summed E-state index contributed by atoms with van der Waals surface area (Å²) >= 11 is 0. The Kier molecular flexibility index (Phi) is 4.62. The highest BCUT2D eigenvalue weighted by atomic mass is 35.5. The molecule has 0 spiro atoms. The van der Waals surface area contributed by atoms with Crippen LogP contribution in [0, 0.1) is 0 Å². The van der Waals surface area contributed by atoms with Crippen LogP contribution in [0.25, 0.3) is 5.52 Å². The number of likely N-dealkylation sites (tertiary alicyclic amines) is 1. The summed E-state index contributed by atoms with van der Waals surface area (Å²) in [6.45, 7) is 1.63. The Morgan fingerprint density at radius 2 is 2.10 bits per heavy atom. The zero-order valence-corrected chi connectivity index (χ0v) is 12.3. The SMILES string of the molecule is CNC1CCN(C(=O)c2cnn3ccccc23)CC1.Cl. The lowest BCUT2D eigenvalue weighted by molar-refractivity contribution is 0.0709. The molecule has 0 saturated carbocycles. The Bertz CT molecular complexity index is 590. The van der Waals surface area contributed by atoms with Crippen LogP contribution in [0.4, 0.5) is 0 Å². The molecule has 5 nitrogen and oxygen atoms in total. The van der Waals surface area contributed by atoms with Crippen LogP contribution in [0.3, 0.4) is 0 Å². The fraction of sp³-hybridized carbons (Fsp3) is 0.429. The van der Waals surface area contributed by atoms with Gasteiger partial charge in [0.15, 0.2) is 0 Å². The van der Waals surface area contributed by atoms with E-state index in [-0.39, 0.29) is 18.3 Å². The first-order valence-electron chi connectivity index (χ1n) is 6.68. The lowest BCUT2D eigenvalue weighted by Crippen LogP contribution is -2.43. The number of rotatable bonds is 2. The molecule has 1 amide bonds. The molecule has 0 bridgehead atoms. The molecule has 6 heteroatoms. The van der Waals surface area contributed by atoms with Gasteiger partial charge >= 0.3 is 0 Å². The highest BCUT2D eigenvalue weighted by Crippen LogP contribution is 2.17. The Morgan fingerprint density at radius 1 is 1.35 bits per heavy atom. The second kappa shape index (κ2) is 6.24. The summed E-state index contributed by atoms with van der Waals surface area (Å²) in [5.74, 6) is 0.0933. The van der Waals surface area contributed by atoms with Gasteiger partial charge in [-0.2, -0.15) is 5.10 Å². The molecule has 2 aromatic rings. The predicted octanol–water partition coefficient (Wildman–Crippen LogP) is 1.58. The summed E-state index contributed by atoms with van der Waals surface area (Å²) in [5.41, 5.74) is 1.58. The number of aromatic nitrogens is 2. The summed E-state index contributed by atoms with van der Waals surface area (Å²) in [6.07, 6.45) is 5.56. The molecule has 1 aliphatic rings. The molecule has 0 unspecified atom stereocenters. The minimum absolute atomic E-state index is 0. The van der Waals surface area contributed by atoms with Crippen molar-refractivity contribution in [2.24, 2.45) is 0 Å². The average Bonchev–Trinajstić information content (AvgIpc) is 2.90. The molecule has 108 valence electrons. The first kappa shape index (κ1) is 14.8. The molecule has 0 atom stereocenters. The van der Waals surface area contributed by atoms with Gasteiger partial charge < -0.3 is 10.2 Å². The maximum absolute atomic E-state index is 12.5. The molecule has 0 aromatic carbocycles. The number of nitrogens with one attached hydrogen (secondary N) is 1. The molecule has 1 saturated heterocycles. The first-order valence-corrected chi connectivity index (χ1v) is 6.68. The fourth-order valence-electron chi connectivity index (χ4n) is 2.64. The van der Waals surface area contributed by atoms with Crippen LogP contribution in [-0.4, -0.2) is 46.6 Å². The lowest BCUT2D eigenvalue weighted by atomic mass is 10.0. The molecule has 2 aromatic heterocycles. The van der Waals surface area contributed by atoms with E-state index in [2.05, 4.69) is 10.4 Å². The van der Waals surface area contributed by atoms with Gasteiger partial charge in [0.05, 0.1) is 17.3 Å². The molecule has 1 fully saturated rings. The number of fused-ring (bicyclic) bond motifs is 1. The normalized spacial score (nSPS) is 16.1. The van der Waals surface area contributed by atoms with Crippen LogP contribution >= 0.6 is 12.4 Å². The van der Waals surface area contributed by atoms with Crippen molar-refractivity contribution in [3.05, 3.63) is 36.2 Å². The largest absolute Gasteiger partial charge is 0.338 e. The van der Waals surface area contributed by atoms with Crippen LogP contribution in [0.5, 0.6) is 0 Å². The molecular weight excluding hydrogens is 276 g/mol. The summed E-state index contributed by atoms with van der Waals surface area (Å²) < 4.78 is 1.74. The Balaban J connectivity index is 0.00000147. The van der Waals surface area contributed by atoms with Crippen molar-refractivity contribution >= 4 is 23.8 Å². The number of pyridine rings is 1. The van der Waals surface area contributed by atoms with Gasteiger partial charge in [-0.15, -0.1) is 12.4 Å². The monoisotopic (exact) mass is 294 g/mol. The van der Waals surface area contributed by atoms with Crippen LogP contribution in [-0.2, 0) is 0 Å². The summed E-state index contributed by atoms with van der Waals surface area (Å²) in [6, 6.07) is 6.31. The van der Waals surface area contributed by atoms with Crippen molar-refractivity contribution in [2.45, 2.75) is 18.9 Å². The Hall–Kier alpha value is -1.59. The number of hydrogen-bond donors (Lipinski definition) is 1. The standard InChI is InChI=1S/C14H18N4O.ClH/c1-15-11-5-8-17(9-6-11)14(19)12-10-16-18-7-3-2-4-13(12)18;/h2-4,7,10-11,15H,5-6,8-9H2,1H3;1H. The number of carbonyl (C=O) groups excluding carboxylic acids is 1. The predicted molar refractivity (Wildman–Crippen MR) is 80.4 cm³/mol. The van der Waals surface area contributed by atoms with E-state index in [4.69, 9.17) is 0 Å². The minimum Gasteiger partial charge on any atom is -0.338 e. The second-order valence-electron chi connectivity index (χ2n) is 4.94. The highest BCUT2D eigenvalue weighted by molar-refractivity contribution is 6.00. The van der Waals surface area contributed by atoms with Crippen LogP contribution < -0.4 is 5.32 Å². The van der Waals surface area contributed by atoms with Crippen molar-refractivity contribution in [3.8, 4) is 0 Å². The third-order valence-electron chi connectivity index (χ3n) is 3.85. The number of nitrogens with zero attached hydrogens (tertiary/aromatic N) is 3. The Labute approximate surface area is 124 Å². The Morgan fingerprint density at radius 3 is 2.80 bits per heavy atom. The number of amides is 1. The summed E-state index contributed by atoms with van der Waals surface area (Å²) in [4.78, 5) is 14.5. The molecule has 0 radical (unpaired) electrons. The number of halogens is 1. The fourth-order valence-corrected chi connectivity index (χ4v) is 2.64.